The molecule has 0 amide bonds. The second-order valence-electron chi connectivity index (χ2n) is 2.30. The number of rotatable bonds is 2. The van der Waals surface area contributed by atoms with Crippen LogP contribution < -0.4 is 5.73 Å². The van der Waals surface area contributed by atoms with Crippen LogP contribution in [-0.2, 0) is 9.53 Å². The number of carbonyl (C=O) groups excluding carboxylic acids is 1. The Morgan fingerprint density at radius 2 is 2.33 bits per heavy atom. The van der Waals surface area contributed by atoms with Crippen molar-refractivity contribution in [2.45, 2.75) is 25.3 Å². The van der Waals surface area contributed by atoms with E-state index in [1.807, 2.05) is 0 Å². The number of carbonyl (C=O) groups is 1. The second kappa shape index (κ2) is 1.99. The van der Waals surface area contributed by atoms with Crippen LogP contribution in [0.4, 0.5) is 0 Å². The molecule has 0 unspecified atom stereocenters. The summed E-state index contributed by atoms with van der Waals surface area (Å²) in [5.41, 5.74) is 6.43. The SMILES string of the molecule is CCOC(=O)C1([NH])CC1. The summed E-state index contributed by atoms with van der Waals surface area (Å²) in [6.45, 7) is 2.14. The normalized spacial score (nSPS) is 21.1. The predicted octanol–water partition coefficient (Wildman–Crippen LogP) is 0.365. The fourth-order valence-electron chi connectivity index (χ4n) is 0.598. The minimum Gasteiger partial charge on any atom is -0.465 e. The quantitative estimate of drug-likeness (QED) is 0.504. The van der Waals surface area contributed by atoms with Crippen molar-refractivity contribution in [2.24, 2.45) is 0 Å². The van der Waals surface area contributed by atoms with Gasteiger partial charge in [-0.1, -0.05) is 0 Å². The average Bonchev–Trinajstić information content (AvgIpc) is 2.50. The van der Waals surface area contributed by atoms with Gasteiger partial charge < -0.3 is 4.74 Å². The summed E-state index contributed by atoms with van der Waals surface area (Å²) >= 11 is 0. The minimum absolute atomic E-state index is 0.356. The molecule has 1 fully saturated rings. The first kappa shape index (κ1) is 6.55. The highest BCUT2D eigenvalue weighted by Crippen LogP contribution is 2.35. The molecule has 9 heavy (non-hydrogen) atoms. The van der Waals surface area contributed by atoms with E-state index in [0.29, 0.717) is 19.4 Å². The van der Waals surface area contributed by atoms with Crippen LogP contribution in [0.25, 0.3) is 0 Å². The third kappa shape index (κ3) is 1.21. The zero-order valence-electron chi connectivity index (χ0n) is 5.44. The first-order valence-corrected chi connectivity index (χ1v) is 3.11. The van der Waals surface area contributed by atoms with Crippen molar-refractivity contribution in [1.82, 2.24) is 5.73 Å². The lowest BCUT2D eigenvalue weighted by Gasteiger charge is -2.04. The molecule has 1 radical (unpaired) electrons. The van der Waals surface area contributed by atoms with Gasteiger partial charge in [0.05, 0.1) is 6.61 Å². The molecule has 0 saturated heterocycles. The molecule has 1 saturated carbocycles. The Hall–Kier alpha value is -0.570. The third-order valence-corrected chi connectivity index (χ3v) is 1.42. The van der Waals surface area contributed by atoms with E-state index in [2.05, 4.69) is 4.74 Å². The first-order valence-electron chi connectivity index (χ1n) is 3.11. The lowest BCUT2D eigenvalue weighted by molar-refractivity contribution is -0.146. The Kier molecular flexibility index (Phi) is 1.45. The van der Waals surface area contributed by atoms with E-state index < -0.39 is 5.54 Å². The number of nitrogens with one attached hydrogen (secondary N) is 1. The fraction of sp³-hybridized carbons (Fsp3) is 0.833. The molecule has 3 heteroatoms. The lowest BCUT2D eigenvalue weighted by atomic mass is 10.3. The molecule has 0 aromatic carbocycles. The summed E-state index contributed by atoms with van der Waals surface area (Å²) in [7, 11) is 0. The number of esters is 1. The molecule has 0 heterocycles. The van der Waals surface area contributed by atoms with E-state index in [9.17, 15) is 4.79 Å². The van der Waals surface area contributed by atoms with Crippen LogP contribution in [0.3, 0.4) is 0 Å². The Labute approximate surface area is 54.2 Å². The molecule has 3 nitrogen and oxygen atoms in total. The highest BCUT2D eigenvalue weighted by atomic mass is 16.5. The van der Waals surface area contributed by atoms with E-state index in [4.69, 9.17) is 5.73 Å². The summed E-state index contributed by atoms with van der Waals surface area (Å²) < 4.78 is 4.64. The van der Waals surface area contributed by atoms with Crippen LogP contribution in [0.1, 0.15) is 19.8 Å². The van der Waals surface area contributed by atoms with Gasteiger partial charge in [-0.25, -0.2) is 10.5 Å². The van der Waals surface area contributed by atoms with E-state index in [0.717, 1.165) is 0 Å². The molecule has 1 rings (SSSR count). The maximum Gasteiger partial charge on any atom is 0.327 e. The molecule has 0 aliphatic heterocycles. The Bertz CT molecular complexity index is 129. The molecule has 1 aliphatic carbocycles. The highest BCUT2D eigenvalue weighted by molar-refractivity contribution is 5.83. The van der Waals surface area contributed by atoms with Gasteiger partial charge in [0.25, 0.3) is 0 Å². The molecule has 1 N–H and O–H groups in total. The van der Waals surface area contributed by atoms with Gasteiger partial charge in [0.15, 0.2) is 0 Å². The highest BCUT2D eigenvalue weighted by Gasteiger charge is 2.48. The van der Waals surface area contributed by atoms with E-state index in [-0.39, 0.29) is 5.97 Å². The van der Waals surface area contributed by atoms with Gasteiger partial charge in [-0.2, -0.15) is 0 Å². The van der Waals surface area contributed by atoms with E-state index >= 15 is 0 Å². The van der Waals surface area contributed by atoms with Gasteiger partial charge in [-0.05, 0) is 19.8 Å². The summed E-state index contributed by atoms with van der Waals surface area (Å²) in [5.74, 6) is -0.356. The molecule has 0 atom stereocenters. The van der Waals surface area contributed by atoms with Crippen LogP contribution in [0.15, 0.2) is 0 Å². The van der Waals surface area contributed by atoms with Gasteiger partial charge in [-0.15, -0.1) is 0 Å². The lowest BCUT2D eigenvalue weighted by Crippen LogP contribution is -2.26. The topological polar surface area (TPSA) is 50.1 Å². The Balaban J connectivity index is 2.34. The fourth-order valence-corrected chi connectivity index (χ4v) is 0.598. The average molecular weight is 128 g/mol. The van der Waals surface area contributed by atoms with Crippen molar-refractivity contribution in [3.05, 3.63) is 0 Å². The minimum atomic E-state index is -0.851. The van der Waals surface area contributed by atoms with Crippen LogP contribution in [0, 0.1) is 0 Å². The standard InChI is InChI=1S/C6H10NO2/c1-2-9-5(8)6(7)3-4-6/h7H,2-4H2,1H3. The maximum atomic E-state index is 10.7. The van der Waals surface area contributed by atoms with Gasteiger partial charge in [-0.3, -0.25) is 0 Å². The third-order valence-electron chi connectivity index (χ3n) is 1.42. The van der Waals surface area contributed by atoms with Crippen LogP contribution in [0.5, 0.6) is 0 Å². The summed E-state index contributed by atoms with van der Waals surface area (Å²) in [4.78, 5) is 10.7. The molecular weight excluding hydrogens is 118 g/mol. The molecule has 51 valence electrons. The molecule has 0 aromatic heterocycles. The van der Waals surface area contributed by atoms with Crippen LogP contribution in [0.2, 0.25) is 0 Å². The second-order valence-corrected chi connectivity index (χ2v) is 2.30. The summed E-state index contributed by atoms with van der Waals surface area (Å²) in [6, 6.07) is 0. The summed E-state index contributed by atoms with van der Waals surface area (Å²) in [6.07, 6.45) is 1.34. The van der Waals surface area contributed by atoms with Crippen molar-refractivity contribution < 1.29 is 9.53 Å². The molecule has 0 bridgehead atoms. The van der Waals surface area contributed by atoms with Crippen LogP contribution in [-0.4, -0.2) is 18.1 Å². The number of hydrogen-bond donors (Lipinski definition) is 0. The van der Waals surface area contributed by atoms with Gasteiger partial charge >= 0.3 is 5.97 Å². The smallest absolute Gasteiger partial charge is 0.327 e. The molecule has 0 aromatic rings. The van der Waals surface area contributed by atoms with Gasteiger partial charge in [0, 0.05) is 0 Å². The zero-order chi connectivity index (χ0) is 6.91. The monoisotopic (exact) mass is 128 g/mol. The first-order chi connectivity index (χ1) is 4.19. The number of hydrogen-bond acceptors (Lipinski definition) is 2. The summed E-state index contributed by atoms with van der Waals surface area (Å²) in [5, 5.41) is 0. The molecule has 1 aliphatic rings. The maximum absolute atomic E-state index is 10.7. The Morgan fingerprint density at radius 3 is 2.67 bits per heavy atom. The van der Waals surface area contributed by atoms with Crippen LogP contribution >= 0.6 is 0 Å². The van der Waals surface area contributed by atoms with E-state index in [1.165, 1.54) is 0 Å². The predicted molar refractivity (Wildman–Crippen MR) is 31.7 cm³/mol. The largest absolute Gasteiger partial charge is 0.465 e. The molecular formula is C6H10NO2. The van der Waals surface area contributed by atoms with Crippen molar-refractivity contribution in [1.29, 1.82) is 0 Å². The van der Waals surface area contributed by atoms with Crippen molar-refractivity contribution in [2.75, 3.05) is 6.61 Å². The molecule has 0 spiro atoms. The van der Waals surface area contributed by atoms with Crippen molar-refractivity contribution in [3.8, 4) is 0 Å². The number of ether oxygens (including phenoxy) is 1. The van der Waals surface area contributed by atoms with Gasteiger partial charge in [0.1, 0.15) is 5.54 Å². The van der Waals surface area contributed by atoms with Crippen molar-refractivity contribution in [3.63, 3.8) is 0 Å². The Morgan fingerprint density at radius 1 is 1.78 bits per heavy atom. The van der Waals surface area contributed by atoms with Gasteiger partial charge in [0.2, 0.25) is 0 Å². The zero-order valence-corrected chi connectivity index (χ0v) is 5.44. The van der Waals surface area contributed by atoms with Crippen molar-refractivity contribution >= 4 is 5.97 Å². The van der Waals surface area contributed by atoms with E-state index in [1.54, 1.807) is 6.92 Å².